The molecule has 0 spiro atoms. The molecule has 2 aliphatic carbocycles. The molecular weight excluding hydrogens is 369 g/mol. The molecule has 1 amide bonds. The van der Waals surface area contributed by atoms with E-state index in [0.717, 1.165) is 39.1 Å². The van der Waals surface area contributed by atoms with Crippen molar-refractivity contribution >= 4 is 30.7 Å². The summed E-state index contributed by atoms with van der Waals surface area (Å²) < 4.78 is 0. The van der Waals surface area contributed by atoms with Crippen molar-refractivity contribution in [3.63, 3.8) is 0 Å². The predicted molar refractivity (Wildman–Crippen MR) is 110 cm³/mol. The SMILES string of the molecule is Cl.Cl.NC1C2CCC(C2)C1C(=O)N1CCN(CCc2ccccc2)CC1. The number of rotatable bonds is 4. The maximum atomic E-state index is 12.9. The number of nitrogens with zero attached hydrogens (tertiary/aromatic N) is 2. The zero-order chi connectivity index (χ0) is 16.5. The van der Waals surface area contributed by atoms with Crippen molar-refractivity contribution in [2.24, 2.45) is 23.5 Å². The monoisotopic (exact) mass is 399 g/mol. The lowest BCUT2D eigenvalue weighted by Crippen LogP contribution is -2.54. The highest BCUT2D eigenvalue weighted by molar-refractivity contribution is 5.85. The third-order valence-electron chi connectivity index (χ3n) is 6.51. The third-order valence-corrected chi connectivity index (χ3v) is 6.51. The fourth-order valence-electron chi connectivity index (χ4n) is 5.04. The second-order valence-electron chi connectivity index (χ2n) is 7.84. The molecule has 2 N–H and O–H groups in total. The molecular formula is C20H31Cl2N3O. The molecule has 4 atom stereocenters. The highest BCUT2D eigenvalue weighted by atomic mass is 35.5. The minimum Gasteiger partial charge on any atom is -0.340 e. The number of hydrogen-bond donors (Lipinski definition) is 1. The summed E-state index contributed by atoms with van der Waals surface area (Å²) in [4.78, 5) is 17.5. The van der Waals surface area contributed by atoms with Crippen molar-refractivity contribution in [3.05, 3.63) is 35.9 Å². The zero-order valence-corrected chi connectivity index (χ0v) is 16.9. The second kappa shape index (κ2) is 9.41. The summed E-state index contributed by atoms with van der Waals surface area (Å²) >= 11 is 0. The molecule has 0 aromatic heterocycles. The number of benzene rings is 1. The van der Waals surface area contributed by atoms with Gasteiger partial charge in [0, 0.05) is 38.8 Å². The van der Waals surface area contributed by atoms with E-state index in [1.807, 2.05) is 0 Å². The van der Waals surface area contributed by atoms with Crippen molar-refractivity contribution in [3.8, 4) is 0 Å². The molecule has 1 aliphatic heterocycles. The van der Waals surface area contributed by atoms with Gasteiger partial charge in [-0.05, 0) is 43.1 Å². The smallest absolute Gasteiger partial charge is 0.227 e. The molecule has 4 nitrogen and oxygen atoms in total. The largest absolute Gasteiger partial charge is 0.340 e. The molecule has 1 aromatic carbocycles. The van der Waals surface area contributed by atoms with Crippen LogP contribution < -0.4 is 5.73 Å². The third kappa shape index (κ3) is 4.36. The van der Waals surface area contributed by atoms with Crippen molar-refractivity contribution in [2.75, 3.05) is 32.7 Å². The summed E-state index contributed by atoms with van der Waals surface area (Å²) in [5.74, 6) is 1.63. The first-order valence-corrected chi connectivity index (χ1v) is 9.53. The maximum Gasteiger partial charge on any atom is 0.227 e. The number of hydrogen-bond acceptors (Lipinski definition) is 3. The Hall–Kier alpha value is -0.810. The molecule has 1 saturated heterocycles. The topological polar surface area (TPSA) is 49.6 Å². The molecule has 0 radical (unpaired) electrons. The average Bonchev–Trinajstić information content (AvgIpc) is 3.22. The Morgan fingerprint density at radius 2 is 1.65 bits per heavy atom. The number of carbonyl (C=O) groups is 1. The number of halogens is 2. The van der Waals surface area contributed by atoms with Gasteiger partial charge < -0.3 is 10.6 Å². The van der Waals surface area contributed by atoms with Gasteiger partial charge in [0.1, 0.15) is 0 Å². The molecule has 2 bridgehead atoms. The van der Waals surface area contributed by atoms with E-state index in [9.17, 15) is 4.79 Å². The van der Waals surface area contributed by atoms with E-state index in [2.05, 4.69) is 40.1 Å². The fraction of sp³-hybridized carbons (Fsp3) is 0.650. The lowest BCUT2D eigenvalue weighted by Gasteiger charge is -2.38. The van der Waals surface area contributed by atoms with E-state index in [0.29, 0.717) is 17.7 Å². The molecule has 2 saturated carbocycles. The highest BCUT2D eigenvalue weighted by Crippen LogP contribution is 2.48. The summed E-state index contributed by atoms with van der Waals surface area (Å²) in [6.45, 7) is 4.81. The summed E-state index contributed by atoms with van der Waals surface area (Å²) in [7, 11) is 0. The maximum absolute atomic E-state index is 12.9. The van der Waals surface area contributed by atoms with E-state index < -0.39 is 0 Å². The highest BCUT2D eigenvalue weighted by Gasteiger charge is 2.50. The summed E-state index contributed by atoms with van der Waals surface area (Å²) in [6.07, 6.45) is 4.73. The summed E-state index contributed by atoms with van der Waals surface area (Å²) in [5.41, 5.74) is 7.75. The number of fused-ring (bicyclic) bond motifs is 2. The van der Waals surface area contributed by atoms with Gasteiger partial charge in [0.2, 0.25) is 5.91 Å². The van der Waals surface area contributed by atoms with Crippen LogP contribution in [0.3, 0.4) is 0 Å². The number of nitrogens with two attached hydrogens (primary N) is 1. The van der Waals surface area contributed by atoms with Crippen LogP contribution in [0.1, 0.15) is 24.8 Å². The Balaban J connectivity index is 0.00000121. The lowest BCUT2D eigenvalue weighted by atomic mass is 9.84. The average molecular weight is 400 g/mol. The molecule has 3 aliphatic rings. The standard InChI is InChI=1S/C20H29N3O.2ClH/c21-19-17-7-6-16(14-17)18(19)20(24)23-12-10-22(11-13-23)9-8-15-4-2-1-3-5-15;;/h1-5,16-19H,6-14,21H2;2*1H. The van der Waals surface area contributed by atoms with Crippen LogP contribution in [0.5, 0.6) is 0 Å². The minimum atomic E-state index is 0. The summed E-state index contributed by atoms with van der Waals surface area (Å²) in [6, 6.07) is 10.8. The Morgan fingerprint density at radius 1 is 1.00 bits per heavy atom. The second-order valence-corrected chi connectivity index (χ2v) is 7.84. The van der Waals surface area contributed by atoms with Gasteiger partial charge >= 0.3 is 0 Å². The lowest BCUT2D eigenvalue weighted by molar-refractivity contribution is -0.139. The fourth-order valence-corrected chi connectivity index (χ4v) is 5.04. The number of amides is 1. The first-order valence-electron chi connectivity index (χ1n) is 9.53. The predicted octanol–water partition coefficient (Wildman–Crippen LogP) is 2.59. The van der Waals surface area contributed by atoms with Crippen molar-refractivity contribution in [2.45, 2.75) is 31.7 Å². The first-order chi connectivity index (χ1) is 11.7. The molecule has 1 aromatic rings. The van der Waals surface area contributed by atoms with E-state index in [-0.39, 0.29) is 36.8 Å². The van der Waals surface area contributed by atoms with Gasteiger partial charge in [-0.15, -0.1) is 24.8 Å². The molecule has 146 valence electrons. The van der Waals surface area contributed by atoms with Crippen LogP contribution >= 0.6 is 24.8 Å². The van der Waals surface area contributed by atoms with Gasteiger partial charge in [0.05, 0.1) is 5.92 Å². The quantitative estimate of drug-likeness (QED) is 0.845. The number of carbonyl (C=O) groups excluding carboxylic acids is 1. The molecule has 4 unspecified atom stereocenters. The molecule has 6 heteroatoms. The zero-order valence-electron chi connectivity index (χ0n) is 15.3. The molecule has 1 heterocycles. The Labute approximate surface area is 169 Å². The van der Waals surface area contributed by atoms with Crippen LogP contribution in [0.25, 0.3) is 0 Å². The van der Waals surface area contributed by atoms with Crippen LogP contribution in [-0.2, 0) is 11.2 Å². The van der Waals surface area contributed by atoms with Gasteiger partial charge in [-0.25, -0.2) is 0 Å². The van der Waals surface area contributed by atoms with Gasteiger partial charge in [0.25, 0.3) is 0 Å². The minimum absolute atomic E-state index is 0. The molecule has 26 heavy (non-hydrogen) atoms. The van der Waals surface area contributed by atoms with Crippen LogP contribution in [-0.4, -0.2) is 54.5 Å². The molecule has 4 rings (SSSR count). The van der Waals surface area contributed by atoms with Crippen LogP contribution in [0.2, 0.25) is 0 Å². The van der Waals surface area contributed by atoms with Gasteiger partial charge in [-0.2, -0.15) is 0 Å². The van der Waals surface area contributed by atoms with Crippen molar-refractivity contribution in [1.82, 2.24) is 9.80 Å². The van der Waals surface area contributed by atoms with Crippen LogP contribution in [0.4, 0.5) is 0 Å². The Bertz CT molecular complexity index is 576. The van der Waals surface area contributed by atoms with Crippen molar-refractivity contribution < 1.29 is 4.79 Å². The van der Waals surface area contributed by atoms with E-state index in [1.165, 1.54) is 24.8 Å². The van der Waals surface area contributed by atoms with Gasteiger partial charge in [-0.3, -0.25) is 9.69 Å². The first kappa shape index (κ1) is 21.5. The van der Waals surface area contributed by atoms with E-state index >= 15 is 0 Å². The van der Waals surface area contributed by atoms with Crippen LogP contribution in [0, 0.1) is 17.8 Å². The number of piperazine rings is 1. The Morgan fingerprint density at radius 3 is 2.27 bits per heavy atom. The van der Waals surface area contributed by atoms with Gasteiger partial charge in [0.15, 0.2) is 0 Å². The van der Waals surface area contributed by atoms with Crippen molar-refractivity contribution in [1.29, 1.82) is 0 Å². The van der Waals surface area contributed by atoms with Crippen LogP contribution in [0.15, 0.2) is 30.3 Å². The summed E-state index contributed by atoms with van der Waals surface area (Å²) in [5, 5.41) is 0. The van der Waals surface area contributed by atoms with E-state index in [1.54, 1.807) is 0 Å². The van der Waals surface area contributed by atoms with Gasteiger partial charge in [-0.1, -0.05) is 30.3 Å². The normalized spacial score (nSPS) is 30.6. The van der Waals surface area contributed by atoms with E-state index in [4.69, 9.17) is 5.73 Å². The molecule has 3 fully saturated rings. The Kier molecular flexibility index (Phi) is 7.77.